The van der Waals surface area contributed by atoms with E-state index < -0.39 is 0 Å². The van der Waals surface area contributed by atoms with Crippen LogP contribution in [0.2, 0.25) is 0 Å². The van der Waals surface area contributed by atoms with E-state index in [2.05, 4.69) is 44.8 Å². The third-order valence-electron chi connectivity index (χ3n) is 5.32. The number of amides is 1. The topological polar surface area (TPSA) is 66.3 Å². The predicted molar refractivity (Wildman–Crippen MR) is 98.8 cm³/mol. The van der Waals surface area contributed by atoms with Crippen LogP contribution in [0, 0.1) is 0 Å². The Balaban J connectivity index is 1.31. The monoisotopic (exact) mass is 354 g/mol. The number of piperazine rings is 1. The highest BCUT2D eigenvalue weighted by molar-refractivity contribution is 5.92. The lowest BCUT2D eigenvalue weighted by Crippen LogP contribution is -2.48. The number of aromatic nitrogens is 3. The Kier molecular flexibility index (Phi) is 5.26. The summed E-state index contributed by atoms with van der Waals surface area (Å²) in [5, 5.41) is 11.7. The molecular formula is C19H26N6O. The van der Waals surface area contributed by atoms with Crippen LogP contribution < -0.4 is 5.32 Å². The van der Waals surface area contributed by atoms with Crippen LogP contribution in [0.5, 0.6) is 0 Å². The molecule has 1 N–H and O–H groups in total. The number of carbonyl (C=O) groups is 1. The van der Waals surface area contributed by atoms with Gasteiger partial charge >= 0.3 is 0 Å². The first-order chi connectivity index (χ1) is 12.8. The molecule has 138 valence electrons. The third kappa shape index (κ3) is 3.94. The molecule has 2 aliphatic heterocycles. The summed E-state index contributed by atoms with van der Waals surface area (Å²) in [6, 6.07) is 10.8. The summed E-state index contributed by atoms with van der Waals surface area (Å²) in [6.45, 7) is 6.20. The Morgan fingerprint density at radius 2 is 1.81 bits per heavy atom. The zero-order valence-electron chi connectivity index (χ0n) is 15.0. The second kappa shape index (κ2) is 7.97. The molecule has 2 aromatic rings. The van der Waals surface area contributed by atoms with E-state index in [1.165, 1.54) is 5.56 Å². The Hall–Kier alpha value is -2.25. The average Bonchev–Trinajstić information content (AvgIpc) is 3.20. The summed E-state index contributed by atoms with van der Waals surface area (Å²) in [7, 11) is 0. The lowest BCUT2D eigenvalue weighted by Gasteiger charge is -2.34. The van der Waals surface area contributed by atoms with Gasteiger partial charge in [-0.15, -0.1) is 5.10 Å². The van der Waals surface area contributed by atoms with Crippen molar-refractivity contribution in [2.75, 3.05) is 39.3 Å². The number of carbonyl (C=O) groups excluding carboxylic acids is 1. The smallest absolute Gasteiger partial charge is 0.276 e. The van der Waals surface area contributed by atoms with Crippen molar-refractivity contribution in [3.63, 3.8) is 0 Å². The fraction of sp³-hybridized carbons (Fsp3) is 0.526. The summed E-state index contributed by atoms with van der Waals surface area (Å²) in [4.78, 5) is 17.0. The van der Waals surface area contributed by atoms with Gasteiger partial charge in [0.2, 0.25) is 0 Å². The molecule has 2 aliphatic rings. The summed E-state index contributed by atoms with van der Waals surface area (Å²) >= 11 is 0. The lowest BCUT2D eigenvalue weighted by molar-refractivity contribution is 0.0622. The number of rotatable bonds is 4. The molecule has 0 aliphatic carbocycles. The maximum absolute atomic E-state index is 12.7. The average molecular weight is 354 g/mol. The van der Waals surface area contributed by atoms with Gasteiger partial charge in [0, 0.05) is 32.7 Å². The van der Waals surface area contributed by atoms with Crippen LogP contribution in [0.15, 0.2) is 36.5 Å². The van der Waals surface area contributed by atoms with E-state index in [4.69, 9.17) is 0 Å². The second-order valence-electron chi connectivity index (χ2n) is 7.12. The maximum atomic E-state index is 12.7. The molecule has 1 aromatic heterocycles. The molecule has 0 bridgehead atoms. The molecule has 7 nitrogen and oxygen atoms in total. The lowest BCUT2D eigenvalue weighted by atomic mass is 10.1. The zero-order valence-corrected chi connectivity index (χ0v) is 15.0. The molecule has 4 rings (SSSR count). The van der Waals surface area contributed by atoms with E-state index in [1.807, 2.05) is 21.8 Å². The Labute approximate surface area is 154 Å². The van der Waals surface area contributed by atoms with Crippen molar-refractivity contribution in [1.82, 2.24) is 30.1 Å². The number of hydrogen-bond acceptors (Lipinski definition) is 5. The van der Waals surface area contributed by atoms with Crippen molar-refractivity contribution in [3.8, 4) is 0 Å². The molecule has 0 unspecified atom stereocenters. The van der Waals surface area contributed by atoms with Crippen molar-refractivity contribution in [2.45, 2.75) is 25.4 Å². The molecule has 1 aromatic carbocycles. The van der Waals surface area contributed by atoms with Gasteiger partial charge in [-0.25, -0.2) is 4.68 Å². The molecule has 2 fully saturated rings. The normalized spacial score (nSPS) is 19.6. The molecule has 2 saturated heterocycles. The van der Waals surface area contributed by atoms with Crippen LogP contribution in [0.3, 0.4) is 0 Å². The van der Waals surface area contributed by atoms with E-state index in [1.54, 1.807) is 0 Å². The van der Waals surface area contributed by atoms with Crippen LogP contribution in [-0.4, -0.2) is 70.0 Å². The number of hydrogen-bond donors (Lipinski definition) is 1. The molecule has 0 atom stereocenters. The minimum Gasteiger partial charge on any atom is -0.335 e. The Bertz CT molecular complexity index is 717. The summed E-state index contributed by atoms with van der Waals surface area (Å²) in [5.74, 6) is 0.00421. The van der Waals surface area contributed by atoms with Gasteiger partial charge < -0.3 is 10.2 Å². The van der Waals surface area contributed by atoms with Crippen molar-refractivity contribution in [3.05, 3.63) is 47.8 Å². The highest BCUT2D eigenvalue weighted by Gasteiger charge is 2.25. The number of nitrogens with one attached hydrogen (secondary N) is 1. The highest BCUT2D eigenvalue weighted by Crippen LogP contribution is 2.18. The largest absolute Gasteiger partial charge is 0.335 e. The molecular weight excluding hydrogens is 328 g/mol. The molecule has 0 saturated carbocycles. The van der Waals surface area contributed by atoms with Crippen molar-refractivity contribution in [1.29, 1.82) is 0 Å². The van der Waals surface area contributed by atoms with Gasteiger partial charge in [-0.3, -0.25) is 9.69 Å². The Morgan fingerprint density at radius 1 is 1.08 bits per heavy atom. The van der Waals surface area contributed by atoms with Crippen molar-refractivity contribution >= 4 is 5.91 Å². The third-order valence-corrected chi connectivity index (χ3v) is 5.32. The van der Waals surface area contributed by atoms with Crippen LogP contribution in [-0.2, 0) is 6.54 Å². The number of benzene rings is 1. The SMILES string of the molecule is O=C(c1cn(C2CCNCC2)nn1)N1CCN(Cc2ccccc2)CC1. The van der Waals surface area contributed by atoms with E-state index >= 15 is 0 Å². The molecule has 1 amide bonds. The minimum atomic E-state index is 0.00421. The minimum absolute atomic E-state index is 0.00421. The maximum Gasteiger partial charge on any atom is 0.276 e. The number of nitrogens with zero attached hydrogens (tertiary/aromatic N) is 5. The highest BCUT2D eigenvalue weighted by atomic mass is 16.2. The van der Waals surface area contributed by atoms with E-state index in [0.29, 0.717) is 11.7 Å². The first-order valence-corrected chi connectivity index (χ1v) is 9.48. The first kappa shape index (κ1) is 17.2. The summed E-state index contributed by atoms with van der Waals surface area (Å²) in [6.07, 6.45) is 3.90. The van der Waals surface area contributed by atoms with Crippen molar-refractivity contribution in [2.24, 2.45) is 0 Å². The van der Waals surface area contributed by atoms with E-state index in [0.717, 1.165) is 58.7 Å². The quantitative estimate of drug-likeness (QED) is 0.893. The van der Waals surface area contributed by atoms with Gasteiger partial charge in [0.25, 0.3) is 5.91 Å². The first-order valence-electron chi connectivity index (χ1n) is 9.48. The van der Waals surface area contributed by atoms with Crippen molar-refractivity contribution < 1.29 is 4.79 Å². The van der Waals surface area contributed by atoms with Crippen LogP contribution in [0.25, 0.3) is 0 Å². The van der Waals surface area contributed by atoms with E-state index in [9.17, 15) is 4.79 Å². The van der Waals surface area contributed by atoms with E-state index in [-0.39, 0.29) is 5.91 Å². The van der Waals surface area contributed by atoms with Gasteiger partial charge in [0.05, 0.1) is 12.2 Å². The van der Waals surface area contributed by atoms with Crippen LogP contribution in [0.4, 0.5) is 0 Å². The predicted octanol–water partition coefficient (Wildman–Crippen LogP) is 1.16. The summed E-state index contributed by atoms with van der Waals surface area (Å²) < 4.78 is 1.87. The molecule has 3 heterocycles. The van der Waals surface area contributed by atoms with Crippen LogP contribution >= 0.6 is 0 Å². The molecule has 0 spiro atoms. The van der Waals surface area contributed by atoms with Gasteiger partial charge in [-0.05, 0) is 31.5 Å². The van der Waals surface area contributed by atoms with Gasteiger partial charge in [-0.2, -0.15) is 0 Å². The molecule has 7 heteroatoms. The standard InChI is InChI=1S/C19H26N6O/c26-19(18-15-25(22-21-18)17-6-8-20-9-7-17)24-12-10-23(11-13-24)14-16-4-2-1-3-5-16/h1-5,15,17,20H,6-14H2. The Morgan fingerprint density at radius 3 is 2.54 bits per heavy atom. The van der Waals surface area contributed by atoms with Gasteiger partial charge in [0.1, 0.15) is 0 Å². The molecule has 0 radical (unpaired) electrons. The second-order valence-corrected chi connectivity index (χ2v) is 7.12. The van der Waals surface area contributed by atoms with Crippen LogP contribution in [0.1, 0.15) is 34.9 Å². The fourth-order valence-electron chi connectivity index (χ4n) is 3.74. The van der Waals surface area contributed by atoms with Gasteiger partial charge in [-0.1, -0.05) is 35.5 Å². The van der Waals surface area contributed by atoms with Gasteiger partial charge in [0.15, 0.2) is 5.69 Å². The number of piperidine rings is 1. The fourth-order valence-corrected chi connectivity index (χ4v) is 3.74. The summed E-state index contributed by atoms with van der Waals surface area (Å²) in [5.41, 5.74) is 1.79. The zero-order chi connectivity index (χ0) is 17.8. The molecule has 26 heavy (non-hydrogen) atoms.